The molecule has 4 nitrogen and oxygen atoms in total. The Morgan fingerprint density at radius 3 is 2.29 bits per heavy atom. The smallest absolute Gasteiger partial charge is 0.0823 e. The second-order valence-corrected chi connectivity index (χ2v) is 4.91. The van der Waals surface area contributed by atoms with Gasteiger partial charge >= 0.3 is 0 Å². The van der Waals surface area contributed by atoms with E-state index in [9.17, 15) is 0 Å². The van der Waals surface area contributed by atoms with E-state index in [0.717, 1.165) is 26.2 Å². The summed E-state index contributed by atoms with van der Waals surface area (Å²) in [5.41, 5.74) is 5.71. The highest BCUT2D eigenvalue weighted by Crippen LogP contribution is 2.09. The van der Waals surface area contributed by atoms with Crippen LogP contribution < -0.4 is 5.73 Å². The molecule has 1 aliphatic rings. The minimum absolute atomic E-state index is 0.204. The maximum absolute atomic E-state index is 5.71. The molecule has 0 spiro atoms. The van der Waals surface area contributed by atoms with Crippen molar-refractivity contribution in [1.82, 2.24) is 9.80 Å². The maximum Gasteiger partial charge on any atom is 0.0823 e. The van der Waals surface area contributed by atoms with E-state index in [1.807, 2.05) is 6.92 Å². The minimum Gasteiger partial charge on any atom is -0.376 e. The highest BCUT2D eigenvalue weighted by Gasteiger charge is 2.21. The third-order valence-corrected chi connectivity index (χ3v) is 3.75. The van der Waals surface area contributed by atoms with Crippen molar-refractivity contribution < 1.29 is 4.74 Å². The molecule has 0 aromatic carbocycles. The van der Waals surface area contributed by atoms with Crippen molar-refractivity contribution in [3.05, 3.63) is 0 Å². The summed E-state index contributed by atoms with van der Waals surface area (Å²) in [6.07, 6.45) is 1.44. The Labute approximate surface area is 106 Å². The van der Waals surface area contributed by atoms with Crippen LogP contribution in [0.1, 0.15) is 27.2 Å². The topological polar surface area (TPSA) is 41.7 Å². The molecule has 0 bridgehead atoms. The van der Waals surface area contributed by atoms with E-state index < -0.39 is 0 Å². The standard InChI is InChI=1S/C13H29N3O/c1-4-12(3)16-8-6-15(7-9-16)11-13(10-14)17-5-2/h12-13H,4-11,14H2,1-3H3. The van der Waals surface area contributed by atoms with Gasteiger partial charge in [-0.15, -0.1) is 0 Å². The molecule has 0 radical (unpaired) electrons. The van der Waals surface area contributed by atoms with Crippen LogP contribution in [0.15, 0.2) is 0 Å². The predicted octanol–water partition coefficient (Wildman–Crippen LogP) is 0.766. The SMILES string of the molecule is CCOC(CN)CN1CCN(C(C)CC)CC1. The van der Waals surface area contributed by atoms with E-state index >= 15 is 0 Å². The third-order valence-electron chi connectivity index (χ3n) is 3.75. The van der Waals surface area contributed by atoms with Crippen molar-refractivity contribution in [1.29, 1.82) is 0 Å². The monoisotopic (exact) mass is 243 g/mol. The summed E-state index contributed by atoms with van der Waals surface area (Å²) >= 11 is 0. The highest BCUT2D eigenvalue weighted by molar-refractivity contribution is 4.77. The first kappa shape index (κ1) is 14.9. The third kappa shape index (κ3) is 4.92. The largest absolute Gasteiger partial charge is 0.376 e. The molecule has 17 heavy (non-hydrogen) atoms. The lowest BCUT2D eigenvalue weighted by molar-refractivity contribution is 0.0192. The first-order valence-electron chi connectivity index (χ1n) is 6.99. The quantitative estimate of drug-likeness (QED) is 0.717. The second-order valence-electron chi connectivity index (χ2n) is 4.91. The second kappa shape index (κ2) is 8.03. The normalized spacial score (nSPS) is 22.6. The van der Waals surface area contributed by atoms with Crippen molar-refractivity contribution in [2.75, 3.05) is 45.9 Å². The number of ether oxygens (including phenoxy) is 1. The van der Waals surface area contributed by atoms with Crippen molar-refractivity contribution >= 4 is 0 Å². The summed E-state index contributed by atoms with van der Waals surface area (Å²) in [6, 6.07) is 0.717. The van der Waals surface area contributed by atoms with Crippen LogP contribution in [0.4, 0.5) is 0 Å². The lowest BCUT2D eigenvalue weighted by Gasteiger charge is -2.38. The van der Waals surface area contributed by atoms with Crippen LogP contribution in [-0.2, 0) is 4.74 Å². The number of hydrogen-bond donors (Lipinski definition) is 1. The van der Waals surface area contributed by atoms with E-state index in [1.54, 1.807) is 0 Å². The van der Waals surface area contributed by atoms with Gasteiger partial charge in [0.05, 0.1) is 6.10 Å². The van der Waals surface area contributed by atoms with E-state index in [4.69, 9.17) is 10.5 Å². The first-order chi connectivity index (χ1) is 8.21. The van der Waals surface area contributed by atoms with Gasteiger partial charge in [-0.3, -0.25) is 9.80 Å². The Bertz CT molecular complexity index is 193. The molecule has 1 fully saturated rings. The molecule has 2 N–H and O–H groups in total. The maximum atomic E-state index is 5.71. The molecule has 1 rings (SSSR count). The van der Waals surface area contributed by atoms with Crippen LogP contribution >= 0.6 is 0 Å². The van der Waals surface area contributed by atoms with Crippen LogP contribution in [0.3, 0.4) is 0 Å². The summed E-state index contributed by atoms with van der Waals surface area (Å²) in [7, 11) is 0. The Morgan fingerprint density at radius 2 is 1.82 bits per heavy atom. The van der Waals surface area contributed by atoms with Crippen LogP contribution in [0.25, 0.3) is 0 Å². The van der Waals surface area contributed by atoms with E-state index in [0.29, 0.717) is 12.6 Å². The van der Waals surface area contributed by atoms with Gasteiger partial charge in [-0.25, -0.2) is 0 Å². The average Bonchev–Trinajstić information content (AvgIpc) is 2.38. The molecular formula is C13H29N3O. The fourth-order valence-corrected chi connectivity index (χ4v) is 2.36. The molecule has 0 saturated carbocycles. The summed E-state index contributed by atoms with van der Waals surface area (Å²) < 4.78 is 5.61. The van der Waals surface area contributed by atoms with Gasteiger partial charge in [0.25, 0.3) is 0 Å². The number of rotatable bonds is 7. The van der Waals surface area contributed by atoms with E-state index in [-0.39, 0.29) is 6.10 Å². The summed E-state index contributed by atoms with van der Waals surface area (Å²) in [6.45, 7) is 13.6. The average molecular weight is 243 g/mol. The van der Waals surface area contributed by atoms with Gasteiger partial charge in [-0.1, -0.05) is 6.92 Å². The lowest BCUT2D eigenvalue weighted by Crippen LogP contribution is -2.52. The molecule has 0 aromatic heterocycles. The van der Waals surface area contributed by atoms with Crippen LogP contribution in [-0.4, -0.2) is 67.8 Å². The van der Waals surface area contributed by atoms with Gasteiger partial charge in [0.2, 0.25) is 0 Å². The zero-order valence-electron chi connectivity index (χ0n) is 11.7. The fraction of sp³-hybridized carbons (Fsp3) is 1.00. The minimum atomic E-state index is 0.204. The van der Waals surface area contributed by atoms with Crippen molar-refractivity contribution in [2.45, 2.75) is 39.3 Å². The molecule has 2 atom stereocenters. The molecule has 1 aliphatic heterocycles. The number of piperazine rings is 1. The molecule has 0 aliphatic carbocycles. The zero-order valence-corrected chi connectivity index (χ0v) is 11.7. The van der Waals surface area contributed by atoms with Gasteiger partial charge in [0.1, 0.15) is 0 Å². The van der Waals surface area contributed by atoms with Crippen LogP contribution in [0.5, 0.6) is 0 Å². The Morgan fingerprint density at radius 1 is 1.18 bits per heavy atom. The van der Waals surface area contributed by atoms with Gasteiger partial charge in [0, 0.05) is 51.9 Å². The van der Waals surface area contributed by atoms with Crippen LogP contribution in [0.2, 0.25) is 0 Å². The first-order valence-corrected chi connectivity index (χ1v) is 6.99. The summed E-state index contributed by atoms with van der Waals surface area (Å²) in [5, 5.41) is 0. The van der Waals surface area contributed by atoms with Gasteiger partial charge < -0.3 is 10.5 Å². The Balaban J connectivity index is 2.26. The molecule has 0 aromatic rings. The highest BCUT2D eigenvalue weighted by atomic mass is 16.5. The van der Waals surface area contributed by atoms with Crippen molar-refractivity contribution in [3.63, 3.8) is 0 Å². The molecule has 102 valence electrons. The molecule has 0 amide bonds. The number of nitrogens with zero attached hydrogens (tertiary/aromatic N) is 2. The van der Waals surface area contributed by atoms with Gasteiger partial charge in [-0.2, -0.15) is 0 Å². The zero-order chi connectivity index (χ0) is 12.7. The molecule has 1 saturated heterocycles. The van der Waals surface area contributed by atoms with Crippen LogP contribution in [0, 0.1) is 0 Å². The molecule has 2 unspecified atom stereocenters. The summed E-state index contributed by atoms with van der Waals surface area (Å²) in [4.78, 5) is 5.06. The van der Waals surface area contributed by atoms with Crippen molar-refractivity contribution in [3.8, 4) is 0 Å². The fourth-order valence-electron chi connectivity index (χ4n) is 2.36. The molecule has 4 heteroatoms. The lowest BCUT2D eigenvalue weighted by atomic mass is 10.2. The van der Waals surface area contributed by atoms with Gasteiger partial charge in [0.15, 0.2) is 0 Å². The summed E-state index contributed by atoms with van der Waals surface area (Å²) in [5.74, 6) is 0. The Kier molecular flexibility index (Phi) is 7.04. The van der Waals surface area contributed by atoms with Gasteiger partial charge in [-0.05, 0) is 20.3 Å². The molecule has 1 heterocycles. The number of hydrogen-bond acceptors (Lipinski definition) is 4. The van der Waals surface area contributed by atoms with Crippen molar-refractivity contribution in [2.24, 2.45) is 5.73 Å². The predicted molar refractivity (Wildman–Crippen MR) is 72.2 cm³/mol. The Hall–Kier alpha value is -0.160. The number of nitrogens with two attached hydrogens (primary N) is 1. The van der Waals surface area contributed by atoms with E-state index in [1.165, 1.54) is 19.5 Å². The molecular weight excluding hydrogens is 214 g/mol. The van der Waals surface area contributed by atoms with E-state index in [2.05, 4.69) is 23.6 Å².